The number of amides is 1. The van der Waals surface area contributed by atoms with Crippen LogP contribution in [0, 0.1) is 0 Å². The highest BCUT2D eigenvalue weighted by Gasteiger charge is 2.07. The number of carbonyl (C=O) groups is 1. The molecule has 3 rings (SSSR count). The summed E-state index contributed by atoms with van der Waals surface area (Å²) in [7, 11) is 3.51. The van der Waals surface area contributed by atoms with Gasteiger partial charge in [-0.2, -0.15) is 0 Å². The molecule has 6 nitrogen and oxygen atoms in total. The molecule has 0 atom stereocenters. The molecule has 0 aliphatic carbocycles. The van der Waals surface area contributed by atoms with Gasteiger partial charge in [0.15, 0.2) is 5.96 Å². The standard InChI is InChI=1S/C23H28N4O2S/c1-27(2)22(28)19-9-7-18(8-10-19)17-26-23(24-13-11-20-5-3-15-29-20)25-14-12-21-6-4-16-30-21/h3-10,15-16H,11-14,17H2,1-2H3,(H2,24,25,26). The molecule has 0 fully saturated rings. The fourth-order valence-corrected chi connectivity index (χ4v) is 3.58. The van der Waals surface area contributed by atoms with Crippen LogP contribution in [-0.4, -0.2) is 44.0 Å². The lowest BCUT2D eigenvalue weighted by Crippen LogP contribution is -2.39. The van der Waals surface area contributed by atoms with Crippen LogP contribution < -0.4 is 10.6 Å². The van der Waals surface area contributed by atoms with E-state index in [0.717, 1.165) is 43.2 Å². The van der Waals surface area contributed by atoms with Crippen molar-refractivity contribution < 1.29 is 9.21 Å². The molecule has 1 aromatic carbocycles. The van der Waals surface area contributed by atoms with Crippen molar-refractivity contribution >= 4 is 23.2 Å². The van der Waals surface area contributed by atoms with Gasteiger partial charge in [0.25, 0.3) is 5.91 Å². The van der Waals surface area contributed by atoms with Gasteiger partial charge in [-0.1, -0.05) is 18.2 Å². The number of rotatable bonds is 9. The number of hydrogen-bond donors (Lipinski definition) is 2. The number of carbonyl (C=O) groups excluding carboxylic acids is 1. The predicted molar refractivity (Wildman–Crippen MR) is 122 cm³/mol. The van der Waals surface area contributed by atoms with E-state index in [1.54, 1.807) is 36.6 Å². The second kappa shape index (κ2) is 11.2. The third-order valence-corrected chi connectivity index (χ3v) is 5.45. The highest BCUT2D eigenvalue weighted by molar-refractivity contribution is 7.09. The van der Waals surface area contributed by atoms with Gasteiger partial charge in [0, 0.05) is 44.0 Å². The average molecular weight is 425 g/mol. The van der Waals surface area contributed by atoms with Gasteiger partial charge >= 0.3 is 0 Å². The Hall–Kier alpha value is -3.06. The molecule has 0 saturated carbocycles. The van der Waals surface area contributed by atoms with Crippen LogP contribution in [0.25, 0.3) is 0 Å². The molecule has 30 heavy (non-hydrogen) atoms. The Balaban J connectivity index is 1.57. The Bertz CT molecular complexity index is 875. The van der Waals surface area contributed by atoms with Crippen molar-refractivity contribution in [1.82, 2.24) is 15.5 Å². The molecule has 1 amide bonds. The number of benzene rings is 1. The van der Waals surface area contributed by atoms with Crippen LogP contribution in [0.1, 0.15) is 26.6 Å². The van der Waals surface area contributed by atoms with E-state index in [0.29, 0.717) is 12.1 Å². The van der Waals surface area contributed by atoms with Crippen LogP contribution in [0.4, 0.5) is 0 Å². The highest BCUT2D eigenvalue weighted by atomic mass is 32.1. The average Bonchev–Trinajstić information content (AvgIpc) is 3.45. The third kappa shape index (κ3) is 6.77. The maximum Gasteiger partial charge on any atom is 0.253 e. The minimum Gasteiger partial charge on any atom is -0.469 e. The number of nitrogens with one attached hydrogen (secondary N) is 2. The monoisotopic (exact) mass is 424 g/mol. The summed E-state index contributed by atoms with van der Waals surface area (Å²) in [6.45, 7) is 2.07. The lowest BCUT2D eigenvalue weighted by Gasteiger charge is -2.12. The largest absolute Gasteiger partial charge is 0.469 e. The normalized spacial score (nSPS) is 11.3. The number of thiophene rings is 1. The first-order chi connectivity index (χ1) is 14.6. The first-order valence-corrected chi connectivity index (χ1v) is 10.9. The lowest BCUT2D eigenvalue weighted by molar-refractivity contribution is 0.0827. The summed E-state index contributed by atoms with van der Waals surface area (Å²) in [6, 6.07) is 15.7. The van der Waals surface area contributed by atoms with E-state index >= 15 is 0 Å². The van der Waals surface area contributed by atoms with E-state index in [1.807, 2.05) is 36.4 Å². The molecule has 0 bridgehead atoms. The quantitative estimate of drug-likeness (QED) is 0.407. The van der Waals surface area contributed by atoms with E-state index in [4.69, 9.17) is 9.41 Å². The molecule has 3 aromatic rings. The lowest BCUT2D eigenvalue weighted by atomic mass is 10.1. The second-order valence-electron chi connectivity index (χ2n) is 7.07. The number of hydrogen-bond acceptors (Lipinski definition) is 4. The molecule has 0 unspecified atom stereocenters. The van der Waals surface area contributed by atoms with E-state index in [9.17, 15) is 4.79 Å². The van der Waals surface area contributed by atoms with Crippen molar-refractivity contribution in [3.8, 4) is 0 Å². The topological polar surface area (TPSA) is 69.9 Å². The van der Waals surface area contributed by atoms with Gasteiger partial charge in [0.1, 0.15) is 5.76 Å². The van der Waals surface area contributed by atoms with Crippen LogP contribution in [0.3, 0.4) is 0 Å². The number of nitrogens with zero attached hydrogens (tertiary/aromatic N) is 2. The number of aliphatic imine (C=N–C) groups is 1. The minimum atomic E-state index is 0.000534. The molecule has 0 aliphatic heterocycles. The summed E-state index contributed by atoms with van der Waals surface area (Å²) < 4.78 is 5.39. The molecule has 0 radical (unpaired) electrons. The van der Waals surface area contributed by atoms with Gasteiger partial charge in [0.2, 0.25) is 0 Å². The maximum atomic E-state index is 12.0. The maximum absolute atomic E-state index is 12.0. The van der Waals surface area contributed by atoms with Crippen molar-refractivity contribution in [3.05, 3.63) is 81.9 Å². The number of guanidine groups is 1. The Kier molecular flexibility index (Phi) is 8.09. The third-order valence-electron chi connectivity index (χ3n) is 4.51. The Morgan fingerprint density at radius 3 is 2.43 bits per heavy atom. The van der Waals surface area contributed by atoms with Crippen LogP contribution in [0.2, 0.25) is 0 Å². The molecular weight excluding hydrogens is 396 g/mol. The molecule has 2 aromatic heterocycles. The Morgan fingerprint density at radius 1 is 1.03 bits per heavy atom. The molecule has 2 N–H and O–H groups in total. The molecule has 7 heteroatoms. The van der Waals surface area contributed by atoms with Gasteiger partial charge in [-0.3, -0.25) is 4.79 Å². The Morgan fingerprint density at radius 2 is 1.80 bits per heavy atom. The molecule has 158 valence electrons. The first kappa shape index (κ1) is 21.6. The summed E-state index contributed by atoms with van der Waals surface area (Å²) in [4.78, 5) is 19.7. The fraction of sp³-hybridized carbons (Fsp3) is 0.304. The molecular formula is C23H28N4O2S. The highest BCUT2D eigenvalue weighted by Crippen LogP contribution is 2.09. The van der Waals surface area contributed by atoms with Crippen LogP contribution in [0.5, 0.6) is 0 Å². The summed E-state index contributed by atoms with van der Waals surface area (Å²) in [5.41, 5.74) is 1.73. The minimum absolute atomic E-state index is 0.000534. The second-order valence-corrected chi connectivity index (χ2v) is 8.11. The van der Waals surface area contributed by atoms with E-state index in [2.05, 4.69) is 28.1 Å². The molecule has 0 saturated heterocycles. The van der Waals surface area contributed by atoms with Gasteiger partial charge < -0.3 is 20.0 Å². The summed E-state index contributed by atoms with van der Waals surface area (Å²) >= 11 is 1.76. The van der Waals surface area contributed by atoms with E-state index in [1.165, 1.54) is 4.88 Å². The zero-order chi connectivity index (χ0) is 21.2. The van der Waals surface area contributed by atoms with Crippen molar-refractivity contribution in [2.24, 2.45) is 4.99 Å². The van der Waals surface area contributed by atoms with Crippen molar-refractivity contribution in [2.45, 2.75) is 19.4 Å². The van der Waals surface area contributed by atoms with E-state index in [-0.39, 0.29) is 5.91 Å². The van der Waals surface area contributed by atoms with Crippen molar-refractivity contribution in [2.75, 3.05) is 27.2 Å². The SMILES string of the molecule is CN(C)C(=O)c1ccc(CN=C(NCCc2ccco2)NCCc2cccs2)cc1. The summed E-state index contributed by atoms with van der Waals surface area (Å²) in [5.74, 6) is 1.72. The van der Waals surface area contributed by atoms with Crippen LogP contribution in [0.15, 0.2) is 69.6 Å². The zero-order valence-corrected chi connectivity index (χ0v) is 18.2. The smallest absolute Gasteiger partial charge is 0.253 e. The van der Waals surface area contributed by atoms with Gasteiger partial charge in [-0.25, -0.2) is 4.99 Å². The number of furan rings is 1. The molecule has 0 spiro atoms. The van der Waals surface area contributed by atoms with Crippen molar-refractivity contribution in [1.29, 1.82) is 0 Å². The van der Waals surface area contributed by atoms with Crippen molar-refractivity contribution in [3.63, 3.8) is 0 Å². The fourth-order valence-electron chi connectivity index (χ4n) is 2.87. The molecule has 0 aliphatic rings. The van der Waals surface area contributed by atoms with Crippen LogP contribution >= 0.6 is 11.3 Å². The Labute approximate surface area is 181 Å². The predicted octanol–water partition coefficient (Wildman–Crippen LogP) is 3.56. The first-order valence-electron chi connectivity index (χ1n) is 9.99. The van der Waals surface area contributed by atoms with Gasteiger partial charge in [-0.05, 0) is 47.7 Å². The van der Waals surface area contributed by atoms with Gasteiger partial charge in [-0.15, -0.1) is 11.3 Å². The van der Waals surface area contributed by atoms with Crippen LogP contribution in [-0.2, 0) is 19.4 Å². The summed E-state index contributed by atoms with van der Waals surface area (Å²) in [6.07, 6.45) is 3.44. The summed E-state index contributed by atoms with van der Waals surface area (Å²) in [5, 5.41) is 8.88. The van der Waals surface area contributed by atoms with Gasteiger partial charge in [0.05, 0.1) is 12.8 Å². The molecule has 2 heterocycles. The zero-order valence-electron chi connectivity index (χ0n) is 17.4. The van der Waals surface area contributed by atoms with E-state index < -0.39 is 0 Å².